The lowest BCUT2D eigenvalue weighted by atomic mass is 9.90. The lowest BCUT2D eigenvalue weighted by Gasteiger charge is -2.32. The van der Waals surface area contributed by atoms with Crippen molar-refractivity contribution in [2.45, 2.75) is 25.3 Å². The fourth-order valence-electron chi connectivity index (χ4n) is 3.79. The van der Waals surface area contributed by atoms with Crippen LogP contribution >= 0.6 is 11.6 Å². The van der Waals surface area contributed by atoms with Gasteiger partial charge in [0.25, 0.3) is 0 Å². The maximum Gasteiger partial charge on any atom is 0.324 e. The van der Waals surface area contributed by atoms with Crippen LogP contribution in [0.2, 0.25) is 5.02 Å². The van der Waals surface area contributed by atoms with Gasteiger partial charge in [0.2, 0.25) is 11.3 Å². The summed E-state index contributed by atoms with van der Waals surface area (Å²) in [6, 6.07) is 6.05. The molecule has 0 saturated carbocycles. The Bertz CT molecular complexity index is 993. The molecule has 1 fully saturated rings. The van der Waals surface area contributed by atoms with Gasteiger partial charge in [0.05, 0.1) is 11.4 Å². The number of phenolic OH excluding ortho intramolecular Hbond substituents is 1. The predicted molar refractivity (Wildman–Crippen MR) is 113 cm³/mol. The Balaban J connectivity index is 2.12. The first-order chi connectivity index (χ1) is 14.3. The number of piperidine rings is 1. The second kappa shape index (κ2) is 9.27. The Morgan fingerprint density at radius 2 is 2.07 bits per heavy atom. The maximum absolute atomic E-state index is 14.2. The molecule has 1 aliphatic rings. The van der Waals surface area contributed by atoms with Crippen molar-refractivity contribution in [1.82, 2.24) is 4.31 Å². The molecule has 2 amide bonds. The molecule has 0 radical (unpaired) electrons. The van der Waals surface area contributed by atoms with Crippen molar-refractivity contribution >= 4 is 40.3 Å². The minimum Gasteiger partial charge on any atom is -0.505 e. The number of phenols is 1. The van der Waals surface area contributed by atoms with E-state index < -0.39 is 23.1 Å². The number of benzene rings is 2. The van der Waals surface area contributed by atoms with Crippen molar-refractivity contribution < 1.29 is 23.1 Å². The zero-order valence-electron chi connectivity index (χ0n) is 15.9. The summed E-state index contributed by atoms with van der Waals surface area (Å²) in [6.07, 6.45) is 1.24. The predicted octanol–water partition coefficient (Wildman–Crippen LogP) is 3.18. The van der Waals surface area contributed by atoms with Crippen LogP contribution in [0.3, 0.4) is 0 Å². The average molecular weight is 457 g/mol. The Kier molecular flexibility index (Phi) is 6.94. The fourth-order valence-corrected chi connectivity index (χ4v) is 4.69. The maximum atomic E-state index is 14.2. The molecule has 2 aromatic rings. The second-order valence-electron chi connectivity index (χ2n) is 6.90. The second-order valence-corrected chi connectivity index (χ2v) is 8.29. The Morgan fingerprint density at radius 1 is 1.33 bits per heavy atom. The minimum absolute atomic E-state index is 0.0180. The zero-order chi connectivity index (χ0) is 22.0. The topological polar surface area (TPSA) is 133 Å². The number of primary amides is 1. The Labute approximate surface area is 180 Å². The van der Waals surface area contributed by atoms with Crippen LogP contribution in [0, 0.1) is 5.82 Å². The van der Waals surface area contributed by atoms with Gasteiger partial charge in [0, 0.05) is 41.7 Å². The van der Waals surface area contributed by atoms with E-state index in [-0.39, 0.29) is 46.7 Å². The molecule has 1 heterocycles. The smallest absolute Gasteiger partial charge is 0.324 e. The molecule has 3 rings (SSSR count). The first-order valence-electron chi connectivity index (χ1n) is 9.20. The van der Waals surface area contributed by atoms with Gasteiger partial charge in [-0.05, 0) is 37.1 Å². The van der Waals surface area contributed by atoms with E-state index in [0.29, 0.717) is 24.9 Å². The van der Waals surface area contributed by atoms with E-state index in [2.05, 4.69) is 0 Å². The normalized spacial score (nSPS) is 18.2. The molecule has 2 atom stereocenters. The van der Waals surface area contributed by atoms with E-state index in [1.165, 1.54) is 34.6 Å². The van der Waals surface area contributed by atoms with Crippen LogP contribution in [-0.2, 0) is 17.8 Å². The highest BCUT2D eigenvalue weighted by molar-refractivity contribution is 7.76. The van der Waals surface area contributed by atoms with Crippen LogP contribution in [0.4, 0.5) is 20.6 Å². The van der Waals surface area contributed by atoms with E-state index in [1.807, 2.05) is 0 Å². The van der Waals surface area contributed by atoms with E-state index >= 15 is 0 Å². The molecule has 0 aliphatic carbocycles. The van der Waals surface area contributed by atoms with Crippen LogP contribution in [0.25, 0.3) is 0 Å². The van der Waals surface area contributed by atoms with Gasteiger partial charge < -0.3 is 16.6 Å². The Hall–Kier alpha value is -2.24. The van der Waals surface area contributed by atoms with E-state index in [9.17, 15) is 23.1 Å². The van der Waals surface area contributed by atoms with Crippen LogP contribution < -0.4 is 16.4 Å². The van der Waals surface area contributed by atoms with E-state index in [0.717, 1.165) is 4.90 Å². The highest BCUT2D eigenvalue weighted by atomic mass is 35.5. The van der Waals surface area contributed by atoms with Crippen molar-refractivity contribution in [3.63, 3.8) is 0 Å². The summed E-state index contributed by atoms with van der Waals surface area (Å²) in [5.74, 6) is -1.26. The van der Waals surface area contributed by atoms with Gasteiger partial charge in [-0.25, -0.2) is 17.7 Å². The molecule has 162 valence electrons. The number of carbonyl (C=O) groups is 1. The molecular formula is C19H22ClFN4O4S. The van der Waals surface area contributed by atoms with Crippen LogP contribution in [-0.4, -0.2) is 37.3 Å². The number of hydrogen-bond acceptors (Lipinski definition) is 4. The van der Waals surface area contributed by atoms with Crippen molar-refractivity contribution in [2.75, 3.05) is 18.0 Å². The monoisotopic (exact) mass is 456 g/mol. The van der Waals surface area contributed by atoms with Gasteiger partial charge in [0.15, 0.2) is 0 Å². The molecule has 11 heteroatoms. The largest absolute Gasteiger partial charge is 0.505 e. The standard InChI is InChI=1S/C19H22ClFN4O4S/c20-13-6-7-16(18(26)17(13)11-3-2-8-24(10-11)30(28)29)25(19(23)27)15-5-1-4-14(21)12(15)9-22/h1,4-7,11,26H,2-3,8-10,22H2,(H2,23,27)(H,28,29)/t11-/m1/s1. The summed E-state index contributed by atoms with van der Waals surface area (Å²) < 4.78 is 36.5. The van der Waals surface area contributed by atoms with Crippen molar-refractivity contribution in [2.24, 2.45) is 11.5 Å². The molecule has 0 aromatic heterocycles. The number of hydrogen-bond donors (Lipinski definition) is 4. The zero-order valence-corrected chi connectivity index (χ0v) is 17.5. The number of rotatable bonds is 5. The number of urea groups is 1. The molecule has 0 spiro atoms. The third-order valence-electron chi connectivity index (χ3n) is 5.16. The summed E-state index contributed by atoms with van der Waals surface area (Å²) >= 11 is 4.20. The Morgan fingerprint density at radius 3 is 2.70 bits per heavy atom. The van der Waals surface area contributed by atoms with Gasteiger partial charge in [-0.15, -0.1) is 0 Å². The van der Waals surface area contributed by atoms with E-state index in [1.54, 1.807) is 0 Å². The average Bonchev–Trinajstić information content (AvgIpc) is 2.70. The number of nitrogens with two attached hydrogens (primary N) is 2. The number of anilines is 2. The summed E-state index contributed by atoms with van der Waals surface area (Å²) in [5.41, 5.74) is 11.8. The van der Waals surface area contributed by atoms with Gasteiger partial charge >= 0.3 is 6.03 Å². The third kappa shape index (κ3) is 4.28. The molecular weight excluding hydrogens is 435 g/mol. The summed E-state index contributed by atoms with van der Waals surface area (Å²) in [6.45, 7) is 0.450. The number of halogens is 2. The molecule has 1 unspecified atom stereocenters. The van der Waals surface area contributed by atoms with Crippen molar-refractivity contribution in [1.29, 1.82) is 0 Å². The molecule has 1 saturated heterocycles. The van der Waals surface area contributed by atoms with Gasteiger partial charge in [-0.3, -0.25) is 9.45 Å². The van der Waals surface area contributed by atoms with Gasteiger partial charge in [-0.2, -0.15) is 0 Å². The first-order valence-corrected chi connectivity index (χ1v) is 10.6. The number of aromatic hydroxyl groups is 1. The van der Waals surface area contributed by atoms with Gasteiger partial charge in [0.1, 0.15) is 11.6 Å². The third-order valence-corrected chi connectivity index (χ3v) is 6.26. The van der Waals surface area contributed by atoms with Gasteiger partial charge in [-0.1, -0.05) is 17.7 Å². The molecule has 30 heavy (non-hydrogen) atoms. The van der Waals surface area contributed by atoms with Crippen molar-refractivity contribution in [3.8, 4) is 5.75 Å². The summed E-state index contributed by atoms with van der Waals surface area (Å²) in [4.78, 5) is 13.3. The molecule has 1 aliphatic heterocycles. The van der Waals surface area contributed by atoms with Crippen LogP contribution in [0.1, 0.15) is 29.9 Å². The number of carbonyl (C=O) groups excluding carboxylic acids is 1. The number of amides is 2. The lowest BCUT2D eigenvalue weighted by Crippen LogP contribution is -2.36. The fraction of sp³-hybridized carbons (Fsp3) is 0.316. The molecule has 6 N–H and O–H groups in total. The van der Waals surface area contributed by atoms with E-state index in [4.69, 9.17) is 23.1 Å². The summed E-state index contributed by atoms with van der Waals surface area (Å²) in [7, 11) is 0. The molecule has 2 aromatic carbocycles. The number of nitrogens with zero attached hydrogens (tertiary/aromatic N) is 2. The summed E-state index contributed by atoms with van der Waals surface area (Å²) in [5, 5.41) is 11.3. The SMILES string of the molecule is NCc1c(F)cccc1N(C(N)=O)c1ccc(Cl)c([C@@H]2CCCN(S(=O)O)C2)c1O. The lowest BCUT2D eigenvalue weighted by molar-refractivity contribution is 0.256. The molecule has 8 nitrogen and oxygen atoms in total. The first kappa shape index (κ1) is 22.4. The highest BCUT2D eigenvalue weighted by Gasteiger charge is 2.31. The molecule has 0 bridgehead atoms. The highest BCUT2D eigenvalue weighted by Crippen LogP contribution is 2.45. The van der Waals surface area contributed by atoms with Crippen LogP contribution in [0.15, 0.2) is 30.3 Å². The quantitative estimate of drug-likeness (QED) is 0.513. The van der Waals surface area contributed by atoms with Crippen molar-refractivity contribution in [3.05, 3.63) is 52.3 Å². The van der Waals surface area contributed by atoms with Crippen LogP contribution in [0.5, 0.6) is 5.75 Å². The minimum atomic E-state index is -2.15.